The van der Waals surface area contributed by atoms with Gasteiger partial charge in [0, 0.05) is 10.6 Å². The maximum atomic E-state index is 12.0. The second-order valence-electron chi connectivity index (χ2n) is 8.47. The van der Waals surface area contributed by atoms with Gasteiger partial charge in [-0.2, -0.15) is 0 Å². The van der Waals surface area contributed by atoms with E-state index in [1.807, 2.05) is 12.1 Å². The van der Waals surface area contributed by atoms with Crippen LogP contribution >= 0.6 is 23.4 Å². The van der Waals surface area contributed by atoms with Crippen LogP contribution in [0.1, 0.15) is 27.8 Å². The molecule has 0 saturated carbocycles. The predicted molar refractivity (Wildman–Crippen MR) is 146 cm³/mol. The highest BCUT2D eigenvalue weighted by Crippen LogP contribution is 2.33. The van der Waals surface area contributed by atoms with Gasteiger partial charge in [-0.3, -0.25) is 5.10 Å². The van der Waals surface area contributed by atoms with E-state index in [4.69, 9.17) is 21.1 Å². The van der Waals surface area contributed by atoms with E-state index in [-0.39, 0.29) is 10.1 Å². The van der Waals surface area contributed by atoms with Gasteiger partial charge in [0.1, 0.15) is 11.5 Å². The number of nitrogens with zero attached hydrogens (tertiary/aromatic N) is 2. The molecule has 37 heavy (non-hydrogen) atoms. The van der Waals surface area contributed by atoms with E-state index < -0.39 is 5.97 Å². The van der Waals surface area contributed by atoms with E-state index >= 15 is 0 Å². The molecule has 9 heteroatoms. The molecule has 7 nitrogen and oxygen atoms in total. The van der Waals surface area contributed by atoms with E-state index in [1.54, 1.807) is 43.5 Å². The molecule has 0 unspecified atom stereocenters. The summed E-state index contributed by atoms with van der Waals surface area (Å²) in [6.07, 6.45) is 1.55. The van der Waals surface area contributed by atoms with Crippen molar-refractivity contribution >= 4 is 35.4 Å². The highest BCUT2D eigenvalue weighted by atomic mass is 35.5. The Morgan fingerprint density at radius 3 is 2.41 bits per heavy atom. The van der Waals surface area contributed by atoms with E-state index in [2.05, 4.69) is 48.1 Å². The molecular weight excluding hydrogens is 510 g/mol. The summed E-state index contributed by atoms with van der Waals surface area (Å²) >= 11 is 6.89. The Hall–Kier alpha value is -3.75. The van der Waals surface area contributed by atoms with Crippen molar-refractivity contribution in [3.63, 3.8) is 0 Å². The number of thioether (sulfide) groups is 1. The summed E-state index contributed by atoms with van der Waals surface area (Å²) in [6.45, 7) is 6.62. The normalized spacial score (nSPS) is 11.4. The number of methoxy groups -OCH3 is 1. The third-order valence-corrected chi connectivity index (χ3v) is 6.82. The Morgan fingerprint density at radius 1 is 1.05 bits per heavy atom. The lowest BCUT2D eigenvalue weighted by Gasteiger charge is -2.15. The molecule has 0 spiro atoms. The molecule has 0 amide bonds. The zero-order valence-corrected chi connectivity index (χ0v) is 22.4. The first-order valence-electron chi connectivity index (χ1n) is 11.4. The van der Waals surface area contributed by atoms with Gasteiger partial charge in [0.25, 0.3) is 0 Å². The van der Waals surface area contributed by atoms with Crippen LogP contribution in [-0.4, -0.2) is 33.4 Å². The highest BCUT2D eigenvalue weighted by molar-refractivity contribution is 8.04. The number of nitrogens with one attached hydrogen (secondary N) is 1. The van der Waals surface area contributed by atoms with Crippen molar-refractivity contribution < 1.29 is 19.4 Å². The summed E-state index contributed by atoms with van der Waals surface area (Å²) in [7, 11) is 1.55. The molecule has 0 saturated heterocycles. The van der Waals surface area contributed by atoms with Crippen LogP contribution in [0.2, 0.25) is 5.02 Å². The smallest absolute Gasteiger partial charge is 0.342 e. The number of aromatic nitrogens is 3. The van der Waals surface area contributed by atoms with Crippen molar-refractivity contribution in [2.75, 3.05) is 7.11 Å². The Balaban J connectivity index is 1.52. The van der Waals surface area contributed by atoms with Crippen molar-refractivity contribution in [1.82, 2.24) is 15.2 Å². The first-order valence-corrected chi connectivity index (χ1v) is 12.6. The fraction of sp³-hybridized carbons (Fsp3) is 0.179. The number of aliphatic carboxylic acids is 1. The maximum absolute atomic E-state index is 12.0. The molecular formula is C28H26ClN3O4S. The lowest BCUT2D eigenvalue weighted by Crippen LogP contribution is -2.03. The summed E-state index contributed by atoms with van der Waals surface area (Å²) in [5, 5.41) is 17.7. The van der Waals surface area contributed by atoms with Crippen molar-refractivity contribution in [2.24, 2.45) is 0 Å². The lowest BCUT2D eigenvalue weighted by atomic mass is 10.0. The number of ether oxygens (including phenoxy) is 2. The maximum Gasteiger partial charge on any atom is 0.342 e. The quantitative estimate of drug-likeness (QED) is 0.178. The van der Waals surface area contributed by atoms with Gasteiger partial charge < -0.3 is 14.6 Å². The molecule has 0 radical (unpaired) electrons. The number of carboxylic acids is 1. The van der Waals surface area contributed by atoms with E-state index in [0.717, 1.165) is 22.9 Å². The van der Waals surface area contributed by atoms with Crippen LogP contribution in [0.25, 0.3) is 17.5 Å². The lowest BCUT2D eigenvalue weighted by molar-refractivity contribution is -0.131. The van der Waals surface area contributed by atoms with Crippen LogP contribution in [0.4, 0.5) is 0 Å². The minimum Gasteiger partial charge on any atom is -0.493 e. The van der Waals surface area contributed by atoms with Gasteiger partial charge in [-0.1, -0.05) is 35.4 Å². The second kappa shape index (κ2) is 11.5. The number of aryl methyl sites for hydroxylation is 3. The van der Waals surface area contributed by atoms with Crippen molar-refractivity contribution in [1.29, 1.82) is 0 Å². The molecule has 1 heterocycles. The number of halogens is 1. The van der Waals surface area contributed by atoms with Gasteiger partial charge in [0.05, 0.1) is 7.11 Å². The summed E-state index contributed by atoms with van der Waals surface area (Å²) in [5.74, 6) is 0.512. The highest BCUT2D eigenvalue weighted by Gasteiger charge is 2.16. The van der Waals surface area contributed by atoms with Crippen LogP contribution in [0.5, 0.6) is 11.5 Å². The van der Waals surface area contributed by atoms with Gasteiger partial charge in [-0.25, -0.2) is 9.78 Å². The molecule has 0 aliphatic rings. The number of H-pyrrole nitrogens is 1. The molecule has 2 N–H and O–H groups in total. The number of rotatable bonds is 9. The Kier molecular flexibility index (Phi) is 8.21. The summed E-state index contributed by atoms with van der Waals surface area (Å²) < 4.78 is 11.6. The minimum atomic E-state index is -1.09. The van der Waals surface area contributed by atoms with Gasteiger partial charge in [0.2, 0.25) is 5.16 Å². The number of carbonyl (C=O) groups is 1. The average molecular weight is 536 g/mol. The Morgan fingerprint density at radius 2 is 1.76 bits per heavy atom. The molecule has 0 atom stereocenters. The summed E-state index contributed by atoms with van der Waals surface area (Å²) in [6, 6.07) is 16.7. The van der Waals surface area contributed by atoms with Gasteiger partial charge in [-0.05, 0) is 97.3 Å². The van der Waals surface area contributed by atoms with Gasteiger partial charge >= 0.3 is 5.97 Å². The molecule has 3 aromatic carbocycles. The largest absolute Gasteiger partial charge is 0.493 e. The third-order valence-electron chi connectivity index (χ3n) is 5.69. The molecule has 0 aliphatic carbocycles. The zero-order chi connectivity index (χ0) is 26.5. The summed E-state index contributed by atoms with van der Waals surface area (Å²) in [4.78, 5) is 16.4. The van der Waals surface area contributed by atoms with Crippen molar-refractivity contribution in [3.8, 4) is 22.9 Å². The molecule has 4 rings (SSSR count). The molecule has 1 aromatic heterocycles. The van der Waals surface area contributed by atoms with Crippen LogP contribution in [0.3, 0.4) is 0 Å². The first kappa shape index (κ1) is 26.3. The van der Waals surface area contributed by atoms with Crippen molar-refractivity contribution in [3.05, 3.63) is 92.3 Å². The molecule has 0 bridgehead atoms. The van der Waals surface area contributed by atoms with Crippen molar-refractivity contribution in [2.45, 2.75) is 32.5 Å². The molecule has 0 fully saturated rings. The number of aromatic amines is 1. The van der Waals surface area contributed by atoms with E-state index in [9.17, 15) is 9.90 Å². The SMILES string of the molecule is COc1cc(/C=C(\Sc2n[nH]c(-c3ccc(Cl)cc3)n2)C(=O)O)ccc1OCc1c(C)cc(C)cc1C. The average Bonchev–Trinajstić information content (AvgIpc) is 3.32. The number of benzene rings is 3. The predicted octanol–water partition coefficient (Wildman–Crippen LogP) is 6.86. The monoisotopic (exact) mass is 535 g/mol. The van der Waals surface area contributed by atoms with E-state index in [0.29, 0.717) is 34.5 Å². The van der Waals surface area contributed by atoms with E-state index in [1.165, 1.54) is 16.7 Å². The number of carboxylic acid groups (broad SMARTS) is 1. The minimum absolute atomic E-state index is 0.0586. The number of hydrogen-bond donors (Lipinski definition) is 2. The standard InChI is InChI=1S/C28H26ClN3O4S/c1-16-11-17(2)22(18(3)12-16)15-36-23-10-5-19(13-24(23)35-4)14-25(27(33)34)37-28-30-26(31-32-28)20-6-8-21(29)9-7-20/h5-14H,15H2,1-4H3,(H,33,34)(H,30,31,32)/b25-14-. The van der Waals surface area contributed by atoms with Crippen LogP contribution in [-0.2, 0) is 11.4 Å². The third kappa shape index (κ3) is 6.53. The fourth-order valence-corrected chi connectivity index (χ4v) is 4.73. The summed E-state index contributed by atoms with van der Waals surface area (Å²) in [5.41, 5.74) is 6.12. The van der Waals surface area contributed by atoms with Gasteiger partial charge in [-0.15, -0.1) is 5.10 Å². The van der Waals surface area contributed by atoms with Crippen LogP contribution in [0, 0.1) is 20.8 Å². The molecule has 0 aliphatic heterocycles. The van der Waals surface area contributed by atoms with Gasteiger partial charge in [0.15, 0.2) is 17.3 Å². The van der Waals surface area contributed by atoms with Crippen LogP contribution < -0.4 is 9.47 Å². The first-order chi connectivity index (χ1) is 17.7. The Bertz CT molecular complexity index is 1440. The molecule has 4 aromatic rings. The Labute approximate surface area is 224 Å². The molecule has 190 valence electrons. The second-order valence-corrected chi connectivity index (χ2v) is 9.91. The topological polar surface area (TPSA) is 97.3 Å². The number of hydrogen-bond acceptors (Lipinski definition) is 6. The van der Waals surface area contributed by atoms with Crippen LogP contribution in [0.15, 0.2) is 64.7 Å². The zero-order valence-electron chi connectivity index (χ0n) is 20.8. The fourth-order valence-electron chi connectivity index (χ4n) is 3.89.